The molecular weight excluding hydrogens is 208 g/mol. The van der Waals surface area contributed by atoms with Crippen molar-refractivity contribution in [1.29, 1.82) is 0 Å². The van der Waals surface area contributed by atoms with Crippen LogP contribution in [-0.4, -0.2) is 28.2 Å². The van der Waals surface area contributed by atoms with Crippen molar-refractivity contribution < 1.29 is 5.11 Å². The van der Waals surface area contributed by atoms with E-state index in [1.165, 1.54) is 6.33 Å². The molecule has 0 radical (unpaired) electrons. The van der Waals surface area contributed by atoms with Gasteiger partial charge in [-0.1, -0.05) is 13.3 Å². The average Bonchev–Trinajstić information content (AvgIpc) is 2.29. The van der Waals surface area contributed by atoms with Crippen molar-refractivity contribution in [3.8, 4) is 0 Å². The molecule has 1 aromatic rings. The Kier molecular flexibility index (Phi) is 4.78. The fraction of sp³-hybridized carbons (Fsp3) is 0.600. The largest absolute Gasteiger partial charge is 0.396 e. The number of anilines is 2. The van der Waals surface area contributed by atoms with E-state index in [0.717, 1.165) is 12.8 Å². The Hall–Kier alpha value is -1.56. The molecule has 0 aliphatic rings. The summed E-state index contributed by atoms with van der Waals surface area (Å²) in [6.45, 7) is 2.87. The van der Waals surface area contributed by atoms with Crippen LogP contribution >= 0.6 is 0 Å². The lowest BCUT2D eigenvalue weighted by Crippen LogP contribution is -2.20. The van der Waals surface area contributed by atoms with Crippen LogP contribution in [0.4, 0.5) is 11.5 Å². The maximum absolute atomic E-state index is 11.2. The van der Waals surface area contributed by atoms with E-state index >= 15 is 0 Å². The fourth-order valence-corrected chi connectivity index (χ4v) is 1.43. The van der Waals surface area contributed by atoms with Gasteiger partial charge in [0, 0.05) is 13.2 Å². The summed E-state index contributed by atoms with van der Waals surface area (Å²) < 4.78 is 0. The third-order valence-electron chi connectivity index (χ3n) is 2.56. The highest BCUT2D eigenvalue weighted by molar-refractivity contribution is 5.58. The number of nitrogens with two attached hydrogens (primary N) is 1. The fourth-order valence-electron chi connectivity index (χ4n) is 1.43. The predicted octanol–water partition coefficient (Wildman–Crippen LogP) is 0.173. The Labute approximate surface area is 93.9 Å². The number of aromatic amines is 1. The highest BCUT2D eigenvalue weighted by atomic mass is 16.3. The second kappa shape index (κ2) is 6.12. The molecule has 1 rings (SSSR count). The number of aliphatic hydroxyl groups is 1. The first-order valence-electron chi connectivity index (χ1n) is 5.36. The van der Waals surface area contributed by atoms with Crippen LogP contribution < -0.4 is 16.6 Å². The van der Waals surface area contributed by atoms with Crippen LogP contribution in [0.25, 0.3) is 0 Å². The van der Waals surface area contributed by atoms with E-state index in [1.807, 2.05) is 0 Å². The van der Waals surface area contributed by atoms with Crippen LogP contribution in [0, 0.1) is 5.92 Å². The van der Waals surface area contributed by atoms with Crippen LogP contribution in [0.1, 0.15) is 19.8 Å². The summed E-state index contributed by atoms with van der Waals surface area (Å²) in [5.41, 5.74) is 5.32. The quantitative estimate of drug-likeness (QED) is 0.553. The summed E-state index contributed by atoms with van der Waals surface area (Å²) >= 11 is 0. The van der Waals surface area contributed by atoms with E-state index in [4.69, 9.17) is 10.8 Å². The summed E-state index contributed by atoms with van der Waals surface area (Å²) in [6.07, 6.45) is 3.00. The lowest BCUT2D eigenvalue weighted by molar-refractivity contribution is 0.258. The van der Waals surface area contributed by atoms with Crippen molar-refractivity contribution in [2.45, 2.75) is 19.8 Å². The number of nitrogen functional groups attached to an aromatic ring is 1. The zero-order valence-electron chi connectivity index (χ0n) is 9.36. The normalized spacial score (nSPS) is 12.4. The molecule has 1 heterocycles. The van der Waals surface area contributed by atoms with E-state index in [2.05, 4.69) is 22.2 Å². The molecule has 5 N–H and O–H groups in total. The van der Waals surface area contributed by atoms with Crippen molar-refractivity contribution in [2.24, 2.45) is 5.92 Å². The van der Waals surface area contributed by atoms with E-state index in [1.54, 1.807) is 0 Å². The highest BCUT2D eigenvalue weighted by Gasteiger charge is 2.08. The average molecular weight is 226 g/mol. The van der Waals surface area contributed by atoms with Crippen LogP contribution in [0.5, 0.6) is 0 Å². The molecule has 90 valence electrons. The third-order valence-corrected chi connectivity index (χ3v) is 2.56. The third kappa shape index (κ3) is 3.23. The van der Waals surface area contributed by atoms with E-state index < -0.39 is 0 Å². The van der Waals surface area contributed by atoms with Gasteiger partial charge in [-0.05, 0) is 12.3 Å². The summed E-state index contributed by atoms with van der Waals surface area (Å²) in [5, 5.41) is 11.9. The number of nitrogens with one attached hydrogen (secondary N) is 2. The molecule has 6 nitrogen and oxygen atoms in total. The molecule has 0 spiro atoms. The first-order chi connectivity index (χ1) is 7.69. The number of hydrogen-bond donors (Lipinski definition) is 4. The molecule has 1 unspecified atom stereocenters. The van der Waals surface area contributed by atoms with Crippen molar-refractivity contribution in [1.82, 2.24) is 9.97 Å². The Morgan fingerprint density at radius 2 is 2.44 bits per heavy atom. The zero-order chi connectivity index (χ0) is 12.0. The molecule has 0 amide bonds. The SMILES string of the molecule is CCC(CCO)CNc1nc[nH]c(=O)c1N. The van der Waals surface area contributed by atoms with Crippen molar-refractivity contribution >= 4 is 11.5 Å². The minimum atomic E-state index is -0.340. The smallest absolute Gasteiger partial charge is 0.276 e. The predicted molar refractivity (Wildman–Crippen MR) is 63.2 cm³/mol. The van der Waals surface area contributed by atoms with Gasteiger partial charge < -0.3 is 21.1 Å². The molecule has 0 aromatic carbocycles. The van der Waals surface area contributed by atoms with Gasteiger partial charge in [-0.2, -0.15) is 0 Å². The first kappa shape index (κ1) is 12.5. The van der Waals surface area contributed by atoms with Gasteiger partial charge in [0.2, 0.25) is 0 Å². The van der Waals surface area contributed by atoms with Gasteiger partial charge in [-0.15, -0.1) is 0 Å². The molecule has 0 saturated carbocycles. The summed E-state index contributed by atoms with van der Waals surface area (Å²) in [4.78, 5) is 17.5. The van der Waals surface area contributed by atoms with Crippen LogP contribution in [0.15, 0.2) is 11.1 Å². The number of rotatable bonds is 6. The molecule has 16 heavy (non-hydrogen) atoms. The Morgan fingerprint density at radius 1 is 1.69 bits per heavy atom. The lowest BCUT2D eigenvalue weighted by Gasteiger charge is -2.15. The second-order valence-corrected chi connectivity index (χ2v) is 3.66. The summed E-state index contributed by atoms with van der Waals surface area (Å²) in [7, 11) is 0. The van der Waals surface area contributed by atoms with Gasteiger partial charge in [0.25, 0.3) is 5.56 Å². The van der Waals surface area contributed by atoms with Gasteiger partial charge in [0.1, 0.15) is 5.69 Å². The molecule has 0 aliphatic carbocycles. The summed E-state index contributed by atoms with van der Waals surface area (Å²) in [6, 6.07) is 0. The van der Waals surface area contributed by atoms with Crippen molar-refractivity contribution in [3.05, 3.63) is 16.7 Å². The summed E-state index contributed by atoms with van der Waals surface area (Å²) in [5.74, 6) is 0.755. The van der Waals surface area contributed by atoms with Gasteiger partial charge in [0.15, 0.2) is 5.82 Å². The highest BCUT2D eigenvalue weighted by Crippen LogP contribution is 2.12. The van der Waals surface area contributed by atoms with Crippen LogP contribution in [0.2, 0.25) is 0 Å². The second-order valence-electron chi connectivity index (χ2n) is 3.66. The number of H-pyrrole nitrogens is 1. The van der Waals surface area contributed by atoms with Crippen LogP contribution in [-0.2, 0) is 0 Å². The van der Waals surface area contributed by atoms with Crippen molar-refractivity contribution in [3.63, 3.8) is 0 Å². The number of aromatic nitrogens is 2. The Bertz CT molecular complexity index is 377. The number of nitrogens with zero attached hydrogens (tertiary/aromatic N) is 1. The van der Waals surface area contributed by atoms with Crippen molar-refractivity contribution in [2.75, 3.05) is 24.2 Å². The van der Waals surface area contributed by atoms with Gasteiger partial charge >= 0.3 is 0 Å². The van der Waals surface area contributed by atoms with E-state index in [0.29, 0.717) is 18.3 Å². The molecule has 0 fully saturated rings. The minimum Gasteiger partial charge on any atom is -0.396 e. The molecule has 0 bridgehead atoms. The minimum absolute atomic E-state index is 0.0985. The molecule has 0 aliphatic heterocycles. The first-order valence-corrected chi connectivity index (χ1v) is 5.36. The standard InChI is InChI=1S/C10H18N4O2/c1-2-7(3-4-15)5-12-9-8(11)10(16)14-6-13-9/h6-7,15H,2-5,11H2,1H3,(H2,12,13,14,16). The number of aliphatic hydroxyl groups excluding tert-OH is 1. The van der Waals surface area contributed by atoms with Gasteiger partial charge in [0.05, 0.1) is 6.33 Å². The zero-order valence-corrected chi connectivity index (χ0v) is 9.36. The monoisotopic (exact) mass is 226 g/mol. The molecular formula is C10H18N4O2. The molecule has 6 heteroatoms. The Balaban J connectivity index is 2.60. The maximum Gasteiger partial charge on any atom is 0.276 e. The molecule has 1 atom stereocenters. The van der Waals surface area contributed by atoms with E-state index in [-0.39, 0.29) is 17.9 Å². The van der Waals surface area contributed by atoms with Crippen LogP contribution in [0.3, 0.4) is 0 Å². The van der Waals surface area contributed by atoms with Gasteiger partial charge in [-0.3, -0.25) is 4.79 Å². The maximum atomic E-state index is 11.2. The molecule has 1 aromatic heterocycles. The molecule has 0 saturated heterocycles. The topological polar surface area (TPSA) is 104 Å². The Morgan fingerprint density at radius 3 is 3.06 bits per heavy atom. The van der Waals surface area contributed by atoms with Gasteiger partial charge in [-0.25, -0.2) is 4.98 Å². The number of hydrogen-bond acceptors (Lipinski definition) is 5. The lowest BCUT2D eigenvalue weighted by atomic mass is 10.0. The van der Waals surface area contributed by atoms with E-state index in [9.17, 15) is 4.79 Å².